The lowest BCUT2D eigenvalue weighted by Crippen LogP contribution is -2.37. The minimum Gasteiger partial charge on any atom is -0.384 e. The van der Waals surface area contributed by atoms with Crippen LogP contribution in [0.1, 0.15) is 56.0 Å². The Morgan fingerprint density at radius 1 is 1.32 bits per heavy atom. The van der Waals surface area contributed by atoms with Crippen molar-refractivity contribution in [3.63, 3.8) is 0 Å². The lowest BCUT2D eigenvalue weighted by molar-refractivity contribution is 0.0363. The second kappa shape index (κ2) is 5.86. The van der Waals surface area contributed by atoms with E-state index < -0.39 is 5.60 Å². The Labute approximate surface area is 132 Å². The summed E-state index contributed by atoms with van der Waals surface area (Å²) in [6, 6.07) is 8.75. The number of benzene rings is 1. The first-order valence-electron chi connectivity index (χ1n) is 8.08. The topological polar surface area (TPSA) is 50.1 Å². The monoisotopic (exact) mass is 299 g/mol. The third kappa shape index (κ3) is 2.81. The first-order valence-corrected chi connectivity index (χ1v) is 8.08. The Morgan fingerprint density at radius 2 is 2.09 bits per heavy atom. The summed E-state index contributed by atoms with van der Waals surface area (Å²) in [6.07, 6.45) is 5.73. The summed E-state index contributed by atoms with van der Waals surface area (Å²) in [5, 5.41) is 18.8. The Hall–Kier alpha value is -1.65. The molecule has 2 unspecified atom stereocenters. The van der Waals surface area contributed by atoms with E-state index in [0.717, 1.165) is 24.0 Å². The number of aliphatic hydroxyl groups is 1. The second-order valence-electron chi connectivity index (χ2n) is 6.64. The Morgan fingerprint density at radius 3 is 2.82 bits per heavy atom. The third-order valence-corrected chi connectivity index (χ3v) is 4.68. The molecule has 2 N–H and O–H groups in total. The Balaban J connectivity index is 1.67. The minimum absolute atomic E-state index is 0.171. The molecule has 0 bridgehead atoms. The standard InChI is InChI=1S/C18H25N3O/c1-13(2)21-11-16(10-20-21)14(3)19-12-18(22)9-8-15-6-4-5-7-17(15)18/h4-7,10-11,13-14,19,22H,8-9,12H2,1-3H3. The Kier molecular flexibility index (Phi) is 4.06. The molecular formula is C18H25N3O. The van der Waals surface area contributed by atoms with Gasteiger partial charge in [0.25, 0.3) is 0 Å². The Bertz CT molecular complexity index is 649. The van der Waals surface area contributed by atoms with E-state index in [1.165, 1.54) is 5.56 Å². The normalized spacial score (nSPS) is 22.0. The summed E-state index contributed by atoms with van der Waals surface area (Å²) < 4.78 is 1.97. The average molecular weight is 299 g/mol. The van der Waals surface area contributed by atoms with Crippen LogP contribution in [0, 0.1) is 0 Å². The van der Waals surface area contributed by atoms with Crippen LogP contribution in [0.25, 0.3) is 0 Å². The number of fused-ring (bicyclic) bond motifs is 1. The summed E-state index contributed by atoms with van der Waals surface area (Å²) >= 11 is 0. The first kappa shape index (κ1) is 15.3. The molecular weight excluding hydrogens is 274 g/mol. The average Bonchev–Trinajstić information content (AvgIpc) is 3.12. The van der Waals surface area contributed by atoms with Gasteiger partial charge in [0, 0.05) is 30.4 Å². The van der Waals surface area contributed by atoms with Crippen molar-refractivity contribution in [2.45, 2.75) is 51.3 Å². The van der Waals surface area contributed by atoms with Crippen molar-refractivity contribution in [2.75, 3.05) is 6.54 Å². The van der Waals surface area contributed by atoms with Crippen molar-refractivity contribution in [3.8, 4) is 0 Å². The van der Waals surface area contributed by atoms with Crippen LogP contribution in [0.5, 0.6) is 0 Å². The summed E-state index contributed by atoms with van der Waals surface area (Å²) in [5.74, 6) is 0. The molecule has 1 aromatic carbocycles. The molecule has 118 valence electrons. The van der Waals surface area contributed by atoms with Crippen molar-refractivity contribution in [2.24, 2.45) is 0 Å². The molecule has 4 nitrogen and oxygen atoms in total. The van der Waals surface area contributed by atoms with Gasteiger partial charge in [-0.25, -0.2) is 0 Å². The molecule has 3 rings (SSSR count). The molecule has 0 radical (unpaired) electrons. The van der Waals surface area contributed by atoms with Crippen LogP contribution in [0.3, 0.4) is 0 Å². The summed E-state index contributed by atoms with van der Waals surface area (Å²) in [6.45, 7) is 6.92. The van der Waals surface area contributed by atoms with Gasteiger partial charge in [-0.05, 0) is 44.7 Å². The lowest BCUT2D eigenvalue weighted by atomic mass is 9.95. The number of rotatable bonds is 5. The van der Waals surface area contributed by atoms with E-state index in [9.17, 15) is 5.11 Å². The molecule has 2 aromatic rings. The lowest BCUT2D eigenvalue weighted by Gasteiger charge is -2.26. The fourth-order valence-corrected chi connectivity index (χ4v) is 3.15. The molecule has 0 amide bonds. The van der Waals surface area contributed by atoms with Crippen LogP contribution in [0.2, 0.25) is 0 Å². The van der Waals surface area contributed by atoms with Crippen LogP contribution in [-0.2, 0) is 12.0 Å². The zero-order chi connectivity index (χ0) is 15.7. The van der Waals surface area contributed by atoms with Gasteiger partial charge in [0.05, 0.1) is 6.20 Å². The predicted octanol–water partition coefficient (Wildman–Crippen LogP) is 2.95. The van der Waals surface area contributed by atoms with Gasteiger partial charge in [-0.3, -0.25) is 4.68 Å². The van der Waals surface area contributed by atoms with E-state index in [2.05, 4.69) is 43.4 Å². The molecule has 1 aromatic heterocycles. The van der Waals surface area contributed by atoms with Crippen molar-refractivity contribution in [1.82, 2.24) is 15.1 Å². The van der Waals surface area contributed by atoms with E-state index in [0.29, 0.717) is 12.6 Å². The maximum absolute atomic E-state index is 10.9. The first-order chi connectivity index (χ1) is 10.5. The van der Waals surface area contributed by atoms with E-state index in [-0.39, 0.29) is 6.04 Å². The molecule has 22 heavy (non-hydrogen) atoms. The molecule has 0 aliphatic heterocycles. The number of hydrogen-bond acceptors (Lipinski definition) is 3. The van der Waals surface area contributed by atoms with Crippen LogP contribution < -0.4 is 5.32 Å². The zero-order valence-electron chi connectivity index (χ0n) is 13.6. The third-order valence-electron chi connectivity index (χ3n) is 4.68. The minimum atomic E-state index is -0.751. The smallest absolute Gasteiger partial charge is 0.103 e. The van der Waals surface area contributed by atoms with Crippen molar-refractivity contribution in [1.29, 1.82) is 0 Å². The van der Waals surface area contributed by atoms with Gasteiger partial charge >= 0.3 is 0 Å². The molecule has 4 heteroatoms. The van der Waals surface area contributed by atoms with Gasteiger partial charge in [-0.1, -0.05) is 24.3 Å². The molecule has 2 atom stereocenters. The van der Waals surface area contributed by atoms with Gasteiger partial charge in [-0.2, -0.15) is 5.10 Å². The van der Waals surface area contributed by atoms with Crippen molar-refractivity contribution < 1.29 is 5.11 Å². The number of aromatic nitrogens is 2. The molecule has 1 aliphatic carbocycles. The van der Waals surface area contributed by atoms with Crippen LogP contribution in [0.15, 0.2) is 36.7 Å². The fraction of sp³-hybridized carbons (Fsp3) is 0.500. The van der Waals surface area contributed by atoms with Gasteiger partial charge in [0.15, 0.2) is 0 Å². The highest BCUT2D eigenvalue weighted by atomic mass is 16.3. The van der Waals surface area contributed by atoms with E-state index in [4.69, 9.17) is 0 Å². The molecule has 1 heterocycles. The number of nitrogens with one attached hydrogen (secondary N) is 1. The highest BCUT2D eigenvalue weighted by molar-refractivity contribution is 5.37. The van der Waals surface area contributed by atoms with Crippen molar-refractivity contribution >= 4 is 0 Å². The number of hydrogen-bond donors (Lipinski definition) is 2. The zero-order valence-corrected chi connectivity index (χ0v) is 13.6. The van der Waals surface area contributed by atoms with Crippen molar-refractivity contribution in [3.05, 3.63) is 53.3 Å². The maximum atomic E-state index is 10.9. The van der Waals surface area contributed by atoms with E-state index in [1.54, 1.807) is 0 Å². The molecule has 1 aliphatic rings. The maximum Gasteiger partial charge on any atom is 0.103 e. The quantitative estimate of drug-likeness (QED) is 0.892. The highest BCUT2D eigenvalue weighted by Gasteiger charge is 2.36. The van der Waals surface area contributed by atoms with Gasteiger partial charge in [-0.15, -0.1) is 0 Å². The number of nitrogens with zero attached hydrogens (tertiary/aromatic N) is 2. The number of aryl methyl sites for hydroxylation is 1. The van der Waals surface area contributed by atoms with Crippen LogP contribution in [0.4, 0.5) is 0 Å². The summed E-state index contributed by atoms with van der Waals surface area (Å²) in [7, 11) is 0. The highest BCUT2D eigenvalue weighted by Crippen LogP contribution is 2.36. The summed E-state index contributed by atoms with van der Waals surface area (Å²) in [4.78, 5) is 0. The fourth-order valence-electron chi connectivity index (χ4n) is 3.15. The van der Waals surface area contributed by atoms with Crippen LogP contribution in [-0.4, -0.2) is 21.4 Å². The largest absolute Gasteiger partial charge is 0.384 e. The van der Waals surface area contributed by atoms with E-state index in [1.807, 2.05) is 29.1 Å². The SMILES string of the molecule is CC(NCC1(O)CCc2ccccc21)c1cnn(C(C)C)c1. The summed E-state index contributed by atoms with van der Waals surface area (Å²) in [5.41, 5.74) is 2.75. The van der Waals surface area contributed by atoms with Crippen LogP contribution >= 0.6 is 0 Å². The molecule has 0 saturated carbocycles. The van der Waals surface area contributed by atoms with Gasteiger partial charge < -0.3 is 10.4 Å². The molecule has 0 fully saturated rings. The van der Waals surface area contributed by atoms with Gasteiger partial charge in [0.2, 0.25) is 0 Å². The predicted molar refractivity (Wildman–Crippen MR) is 87.7 cm³/mol. The second-order valence-corrected chi connectivity index (χ2v) is 6.64. The molecule has 0 saturated heterocycles. The van der Waals surface area contributed by atoms with E-state index >= 15 is 0 Å². The molecule has 0 spiro atoms. The van der Waals surface area contributed by atoms with Gasteiger partial charge in [0.1, 0.15) is 5.60 Å².